The minimum Gasteiger partial charge on any atom is -0.206 e. The molecule has 12 heavy (non-hydrogen) atoms. The summed E-state index contributed by atoms with van der Waals surface area (Å²) >= 11 is 0. The summed E-state index contributed by atoms with van der Waals surface area (Å²) in [7, 11) is -3.21. The molecule has 0 bridgehead atoms. The Bertz CT molecular complexity index is 274. The van der Waals surface area contributed by atoms with Gasteiger partial charge in [0.1, 0.15) is 0 Å². The fraction of sp³-hybridized carbons (Fsp3) is 0.571. The van der Waals surface area contributed by atoms with E-state index in [9.17, 15) is 8.42 Å². The predicted octanol–water partition coefficient (Wildman–Crippen LogP) is 0.325. The summed E-state index contributed by atoms with van der Waals surface area (Å²) in [5.74, 6) is 2.47. The number of nitrogens with zero attached hydrogens (tertiary/aromatic N) is 1. The third kappa shape index (κ3) is 8.98. The van der Waals surface area contributed by atoms with Crippen LogP contribution in [0.2, 0.25) is 0 Å². The monoisotopic (exact) mass is 188 g/mol. The third-order valence-electron chi connectivity index (χ3n) is 0.964. The smallest absolute Gasteiger partial charge is 0.206 e. The second kappa shape index (κ2) is 5.61. The molecular weight excluding hydrogens is 176 g/mol. The Hall–Kier alpha value is -1.02. The van der Waals surface area contributed by atoms with Gasteiger partial charge in [-0.15, -0.1) is 12.3 Å². The van der Waals surface area contributed by atoms with E-state index in [2.05, 4.69) is 11.0 Å². The zero-order valence-corrected chi connectivity index (χ0v) is 7.76. The van der Waals surface area contributed by atoms with Gasteiger partial charge in [-0.05, 0) is 12.8 Å². The van der Waals surface area contributed by atoms with Crippen molar-refractivity contribution in [1.29, 1.82) is 0 Å². The van der Waals surface area contributed by atoms with E-state index < -0.39 is 10.0 Å². The fourth-order valence-electron chi connectivity index (χ4n) is 0.493. The van der Waals surface area contributed by atoms with Gasteiger partial charge in [0.05, 0.1) is 6.26 Å². The van der Waals surface area contributed by atoms with Crippen molar-refractivity contribution in [3.8, 4) is 12.3 Å². The Balaban J connectivity index is 3.47. The van der Waals surface area contributed by atoms with Crippen LogP contribution in [-0.2, 0) is 10.0 Å². The van der Waals surface area contributed by atoms with Crippen LogP contribution < -0.4 is 4.83 Å². The average Bonchev–Trinajstić information content (AvgIpc) is 1.94. The molecule has 0 heterocycles. The Morgan fingerprint density at radius 1 is 1.67 bits per heavy atom. The lowest BCUT2D eigenvalue weighted by Crippen LogP contribution is -2.15. The van der Waals surface area contributed by atoms with E-state index in [4.69, 9.17) is 6.42 Å². The second-order valence-corrected chi connectivity index (χ2v) is 4.00. The van der Waals surface area contributed by atoms with Gasteiger partial charge in [0.2, 0.25) is 10.0 Å². The SMILES string of the molecule is C#CCCC/C=N\NS(C)(=O)=O. The molecule has 0 amide bonds. The second-order valence-electron chi connectivity index (χ2n) is 2.27. The van der Waals surface area contributed by atoms with Crippen molar-refractivity contribution in [3.05, 3.63) is 0 Å². The van der Waals surface area contributed by atoms with Crippen LogP contribution in [0.25, 0.3) is 0 Å². The van der Waals surface area contributed by atoms with Crippen molar-refractivity contribution in [2.24, 2.45) is 5.10 Å². The number of sulfonamides is 1. The van der Waals surface area contributed by atoms with Crippen molar-refractivity contribution < 1.29 is 8.42 Å². The number of hydrogen-bond acceptors (Lipinski definition) is 3. The maximum Gasteiger partial charge on any atom is 0.244 e. The number of hydrogen-bond donors (Lipinski definition) is 1. The van der Waals surface area contributed by atoms with Crippen LogP contribution in [-0.4, -0.2) is 20.9 Å². The number of nitrogens with one attached hydrogen (secondary N) is 1. The Kier molecular flexibility index (Phi) is 5.13. The molecule has 0 aliphatic rings. The van der Waals surface area contributed by atoms with Gasteiger partial charge in [-0.1, -0.05) is 0 Å². The van der Waals surface area contributed by atoms with Gasteiger partial charge >= 0.3 is 0 Å². The van der Waals surface area contributed by atoms with Gasteiger partial charge < -0.3 is 0 Å². The van der Waals surface area contributed by atoms with Crippen LogP contribution in [0.4, 0.5) is 0 Å². The zero-order chi connectivity index (χ0) is 9.45. The number of unbranched alkanes of at least 4 members (excludes halogenated alkanes) is 2. The van der Waals surface area contributed by atoms with Gasteiger partial charge in [-0.25, -0.2) is 13.2 Å². The minimum atomic E-state index is -3.21. The summed E-state index contributed by atoms with van der Waals surface area (Å²) in [5, 5.41) is 3.48. The highest BCUT2D eigenvalue weighted by Gasteiger charge is 1.92. The van der Waals surface area contributed by atoms with Gasteiger partial charge in [0, 0.05) is 12.6 Å². The lowest BCUT2D eigenvalue weighted by atomic mass is 10.2. The van der Waals surface area contributed by atoms with Crippen molar-refractivity contribution >= 4 is 16.2 Å². The summed E-state index contributed by atoms with van der Waals surface area (Å²) in [6, 6.07) is 0. The van der Waals surface area contributed by atoms with Crippen LogP contribution in [0.3, 0.4) is 0 Å². The molecule has 0 aromatic heterocycles. The Labute approximate surface area is 73.1 Å². The van der Waals surface area contributed by atoms with Gasteiger partial charge in [-0.3, -0.25) is 0 Å². The first-order chi connectivity index (χ1) is 5.56. The van der Waals surface area contributed by atoms with Crippen LogP contribution in [0.1, 0.15) is 19.3 Å². The van der Waals surface area contributed by atoms with Crippen molar-refractivity contribution in [2.75, 3.05) is 6.26 Å². The van der Waals surface area contributed by atoms with E-state index in [0.29, 0.717) is 12.8 Å². The van der Waals surface area contributed by atoms with Crippen LogP contribution in [0.5, 0.6) is 0 Å². The molecule has 0 unspecified atom stereocenters. The summed E-state index contributed by atoms with van der Waals surface area (Å²) < 4.78 is 20.9. The molecule has 1 N–H and O–H groups in total. The third-order valence-corrected chi connectivity index (χ3v) is 1.40. The van der Waals surface area contributed by atoms with Crippen molar-refractivity contribution in [2.45, 2.75) is 19.3 Å². The Morgan fingerprint density at radius 2 is 2.33 bits per heavy atom. The number of rotatable bonds is 5. The summed E-state index contributed by atoms with van der Waals surface area (Å²) in [4.78, 5) is 1.99. The van der Waals surface area contributed by atoms with E-state index in [1.165, 1.54) is 6.21 Å². The fourth-order valence-corrected chi connectivity index (χ4v) is 0.759. The standard InChI is InChI=1S/C7H12N2O2S/c1-3-4-5-6-7-8-9-12(2,10)11/h1,7,9H,4-6H2,2H3/b8-7-. The highest BCUT2D eigenvalue weighted by atomic mass is 32.2. The lowest BCUT2D eigenvalue weighted by molar-refractivity contribution is 0.590. The molecule has 68 valence electrons. The first-order valence-corrected chi connectivity index (χ1v) is 5.37. The molecular formula is C7H12N2O2S. The molecule has 0 rings (SSSR count). The summed E-state index contributed by atoms with van der Waals surface area (Å²) in [6.45, 7) is 0. The van der Waals surface area contributed by atoms with Crippen molar-refractivity contribution in [1.82, 2.24) is 4.83 Å². The predicted molar refractivity (Wildman–Crippen MR) is 49.2 cm³/mol. The molecule has 0 spiro atoms. The molecule has 4 nitrogen and oxygen atoms in total. The molecule has 0 aromatic carbocycles. The lowest BCUT2D eigenvalue weighted by Gasteiger charge is -1.93. The summed E-state index contributed by atoms with van der Waals surface area (Å²) in [5.41, 5.74) is 0. The van der Waals surface area contributed by atoms with Crippen LogP contribution >= 0.6 is 0 Å². The molecule has 5 heteroatoms. The normalized spacial score (nSPS) is 11.3. The average molecular weight is 188 g/mol. The summed E-state index contributed by atoms with van der Waals surface area (Å²) in [6.07, 6.45) is 9.75. The molecule has 0 saturated carbocycles. The maximum atomic E-state index is 10.5. The van der Waals surface area contributed by atoms with E-state index in [-0.39, 0.29) is 0 Å². The molecule has 0 radical (unpaired) electrons. The Morgan fingerprint density at radius 3 is 2.83 bits per heavy atom. The largest absolute Gasteiger partial charge is 0.244 e. The molecule has 0 atom stereocenters. The highest BCUT2D eigenvalue weighted by molar-refractivity contribution is 7.88. The molecule has 0 aromatic rings. The van der Waals surface area contributed by atoms with Crippen molar-refractivity contribution in [3.63, 3.8) is 0 Å². The van der Waals surface area contributed by atoms with Crippen LogP contribution in [0, 0.1) is 12.3 Å². The molecule has 0 aliphatic carbocycles. The zero-order valence-electron chi connectivity index (χ0n) is 6.95. The first-order valence-electron chi connectivity index (χ1n) is 3.48. The molecule has 0 saturated heterocycles. The quantitative estimate of drug-likeness (QED) is 0.292. The molecule has 0 aliphatic heterocycles. The molecule has 0 fully saturated rings. The van der Waals surface area contributed by atoms with Gasteiger partial charge in [0.15, 0.2) is 0 Å². The number of terminal acetylenes is 1. The van der Waals surface area contributed by atoms with E-state index in [0.717, 1.165) is 12.7 Å². The topological polar surface area (TPSA) is 58.5 Å². The minimum absolute atomic E-state index is 0.685. The van der Waals surface area contributed by atoms with E-state index in [1.807, 2.05) is 4.83 Å². The van der Waals surface area contributed by atoms with Crippen LogP contribution in [0.15, 0.2) is 5.10 Å². The highest BCUT2D eigenvalue weighted by Crippen LogP contribution is 1.89. The van der Waals surface area contributed by atoms with E-state index >= 15 is 0 Å². The number of hydrazone groups is 1. The first kappa shape index (κ1) is 11.0. The van der Waals surface area contributed by atoms with Gasteiger partial charge in [-0.2, -0.15) is 5.10 Å². The maximum absolute atomic E-state index is 10.5. The van der Waals surface area contributed by atoms with E-state index in [1.54, 1.807) is 0 Å². The van der Waals surface area contributed by atoms with Gasteiger partial charge in [0.25, 0.3) is 0 Å².